The number of fused-ring (bicyclic) bond motifs is 1. The monoisotopic (exact) mass is 632 g/mol. The van der Waals surface area contributed by atoms with Gasteiger partial charge in [-0.3, -0.25) is 19.2 Å². The first kappa shape index (κ1) is 36.3. The van der Waals surface area contributed by atoms with Gasteiger partial charge in [0.15, 0.2) is 0 Å². The number of amides is 3. The summed E-state index contributed by atoms with van der Waals surface area (Å²) in [7, 11) is 0. The summed E-state index contributed by atoms with van der Waals surface area (Å²) in [5.41, 5.74) is 8.71. The van der Waals surface area contributed by atoms with Gasteiger partial charge >= 0.3 is 5.97 Å². The summed E-state index contributed by atoms with van der Waals surface area (Å²) < 4.78 is 0. The summed E-state index contributed by atoms with van der Waals surface area (Å²) in [5, 5.41) is 13.1. The van der Waals surface area contributed by atoms with E-state index in [-0.39, 0.29) is 37.6 Å². The predicted molar refractivity (Wildman–Crippen MR) is 183 cm³/mol. The lowest BCUT2D eigenvalue weighted by Gasteiger charge is -2.34. The molecule has 0 unspecified atom stereocenters. The van der Waals surface area contributed by atoms with E-state index in [2.05, 4.69) is 17.2 Å². The number of H-pyrrole nitrogens is 1. The molecule has 0 bridgehead atoms. The SMILES string of the molecule is CCCCCCCCC[C@@H](CC(N)=O)N(CCC)C(=O)[C@H](CCCC(=O)O)NC(=O)c1c(Cc2ccccc2)[nH]c2ccccc12. The van der Waals surface area contributed by atoms with Crippen LogP contribution < -0.4 is 11.1 Å². The summed E-state index contributed by atoms with van der Waals surface area (Å²) in [6, 6.07) is 16.1. The van der Waals surface area contributed by atoms with Crippen LogP contribution in [-0.2, 0) is 20.8 Å². The first-order valence-electron chi connectivity index (χ1n) is 17.0. The van der Waals surface area contributed by atoms with Gasteiger partial charge in [-0.05, 0) is 37.3 Å². The number of aliphatic carboxylic acids is 1. The zero-order valence-electron chi connectivity index (χ0n) is 27.6. The highest BCUT2D eigenvalue weighted by Gasteiger charge is 2.32. The average molecular weight is 633 g/mol. The molecule has 0 aliphatic rings. The molecule has 1 aromatic heterocycles. The molecule has 0 aliphatic heterocycles. The molecule has 0 saturated heterocycles. The molecular weight excluding hydrogens is 580 g/mol. The van der Waals surface area contributed by atoms with Gasteiger partial charge in [-0.25, -0.2) is 0 Å². The van der Waals surface area contributed by atoms with Crippen LogP contribution in [-0.4, -0.2) is 57.3 Å². The number of para-hydroxylation sites is 1. The van der Waals surface area contributed by atoms with Crippen molar-refractivity contribution in [3.8, 4) is 0 Å². The molecule has 9 nitrogen and oxygen atoms in total. The van der Waals surface area contributed by atoms with Crippen LogP contribution in [0.25, 0.3) is 10.9 Å². The Bertz CT molecular complexity index is 1400. The van der Waals surface area contributed by atoms with E-state index in [1.807, 2.05) is 61.5 Å². The van der Waals surface area contributed by atoms with Crippen molar-refractivity contribution in [2.75, 3.05) is 6.54 Å². The maximum atomic E-state index is 14.3. The van der Waals surface area contributed by atoms with E-state index in [4.69, 9.17) is 5.73 Å². The quantitative estimate of drug-likeness (QED) is 0.0907. The third kappa shape index (κ3) is 11.3. The third-order valence-electron chi connectivity index (χ3n) is 8.49. The number of aromatic amines is 1. The first-order chi connectivity index (χ1) is 22.2. The van der Waals surface area contributed by atoms with Crippen LogP contribution in [0.4, 0.5) is 0 Å². The first-order valence-corrected chi connectivity index (χ1v) is 17.0. The number of nitrogens with zero attached hydrogens (tertiary/aromatic N) is 1. The van der Waals surface area contributed by atoms with Gasteiger partial charge in [0.05, 0.1) is 5.56 Å². The van der Waals surface area contributed by atoms with E-state index >= 15 is 0 Å². The Morgan fingerprint density at radius 3 is 2.20 bits per heavy atom. The van der Waals surface area contributed by atoms with E-state index in [9.17, 15) is 24.3 Å². The molecule has 0 fully saturated rings. The number of nitrogens with one attached hydrogen (secondary N) is 2. The Balaban J connectivity index is 1.87. The summed E-state index contributed by atoms with van der Waals surface area (Å²) in [5.74, 6) is -2.14. The number of carbonyl (C=O) groups is 4. The Labute approximate surface area is 273 Å². The highest BCUT2D eigenvalue weighted by Crippen LogP contribution is 2.26. The molecule has 2 aromatic carbocycles. The Morgan fingerprint density at radius 2 is 1.52 bits per heavy atom. The fourth-order valence-electron chi connectivity index (χ4n) is 6.19. The Hall–Kier alpha value is -4.14. The normalized spacial score (nSPS) is 12.5. The van der Waals surface area contributed by atoms with E-state index in [0.29, 0.717) is 31.4 Å². The molecule has 9 heteroatoms. The molecule has 46 heavy (non-hydrogen) atoms. The van der Waals surface area contributed by atoms with Crippen LogP contribution in [0, 0.1) is 0 Å². The van der Waals surface area contributed by atoms with Crippen LogP contribution in [0.5, 0.6) is 0 Å². The van der Waals surface area contributed by atoms with Gasteiger partial charge in [-0.2, -0.15) is 0 Å². The van der Waals surface area contributed by atoms with E-state index in [0.717, 1.165) is 41.4 Å². The molecule has 5 N–H and O–H groups in total. The largest absolute Gasteiger partial charge is 0.481 e. The second-order valence-electron chi connectivity index (χ2n) is 12.3. The van der Waals surface area contributed by atoms with Crippen molar-refractivity contribution in [2.24, 2.45) is 5.73 Å². The van der Waals surface area contributed by atoms with Gasteiger partial charge in [0.1, 0.15) is 6.04 Å². The smallest absolute Gasteiger partial charge is 0.303 e. The Kier molecular flexibility index (Phi) is 15.3. The third-order valence-corrected chi connectivity index (χ3v) is 8.49. The zero-order chi connectivity index (χ0) is 33.3. The van der Waals surface area contributed by atoms with Crippen LogP contribution in [0.2, 0.25) is 0 Å². The maximum absolute atomic E-state index is 14.3. The van der Waals surface area contributed by atoms with Crippen molar-refractivity contribution < 1.29 is 24.3 Å². The minimum Gasteiger partial charge on any atom is -0.481 e. The lowest BCUT2D eigenvalue weighted by molar-refractivity contribution is -0.139. The minimum atomic E-state index is -0.963. The molecule has 0 spiro atoms. The van der Waals surface area contributed by atoms with Gasteiger partial charge in [0, 0.05) is 48.4 Å². The molecule has 0 saturated carbocycles. The van der Waals surface area contributed by atoms with E-state index in [1.165, 1.54) is 25.7 Å². The van der Waals surface area contributed by atoms with Crippen LogP contribution in [0.3, 0.4) is 0 Å². The number of aromatic nitrogens is 1. The molecule has 250 valence electrons. The minimum absolute atomic E-state index is 0.0427. The predicted octanol–water partition coefficient (Wildman–Crippen LogP) is 6.74. The van der Waals surface area contributed by atoms with Crippen molar-refractivity contribution >= 4 is 34.6 Å². The number of nitrogens with two attached hydrogens (primary N) is 1. The van der Waals surface area contributed by atoms with Crippen molar-refractivity contribution in [2.45, 2.75) is 116 Å². The zero-order valence-corrected chi connectivity index (χ0v) is 27.6. The number of rotatable bonds is 22. The summed E-state index contributed by atoms with van der Waals surface area (Å²) in [6.45, 7) is 4.56. The van der Waals surface area contributed by atoms with Gasteiger partial charge in [-0.15, -0.1) is 0 Å². The van der Waals surface area contributed by atoms with Crippen molar-refractivity contribution in [1.82, 2.24) is 15.2 Å². The lowest BCUT2D eigenvalue weighted by atomic mass is 9.99. The van der Waals surface area contributed by atoms with Crippen LogP contribution in [0.15, 0.2) is 54.6 Å². The van der Waals surface area contributed by atoms with Crippen LogP contribution >= 0.6 is 0 Å². The van der Waals surface area contributed by atoms with Gasteiger partial charge in [0.2, 0.25) is 11.8 Å². The van der Waals surface area contributed by atoms with E-state index in [1.54, 1.807) is 4.90 Å². The summed E-state index contributed by atoms with van der Waals surface area (Å²) in [4.78, 5) is 57.0. The van der Waals surface area contributed by atoms with Crippen molar-refractivity contribution in [1.29, 1.82) is 0 Å². The topological polar surface area (TPSA) is 146 Å². The number of carbonyl (C=O) groups excluding carboxylic acids is 3. The number of primary amides is 1. The number of benzene rings is 2. The second-order valence-corrected chi connectivity index (χ2v) is 12.3. The number of hydrogen-bond acceptors (Lipinski definition) is 4. The second kappa shape index (κ2) is 19.4. The molecule has 1 heterocycles. The molecule has 3 rings (SSSR count). The molecule has 0 radical (unpaired) electrons. The van der Waals surface area contributed by atoms with Gasteiger partial charge in [-0.1, -0.05) is 107 Å². The molecular formula is C37H52N4O5. The molecule has 3 aromatic rings. The Morgan fingerprint density at radius 1 is 0.848 bits per heavy atom. The number of carboxylic acid groups (broad SMARTS) is 1. The number of carboxylic acids is 1. The molecule has 0 aliphatic carbocycles. The fraction of sp³-hybridized carbons (Fsp3) is 0.514. The average Bonchev–Trinajstić information content (AvgIpc) is 3.40. The van der Waals surface area contributed by atoms with Gasteiger partial charge in [0.25, 0.3) is 5.91 Å². The lowest BCUT2D eigenvalue weighted by Crippen LogP contribution is -2.53. The highest BCUT2D eigenvalue weighted by molar-refractivity contribution is 6.09. The van der Waals surface area contributed by atoms with Crippen LogP contribution in [0.1, 0.15) is 119 Å². The maximum Gasteiger partial charge on any atom is 0.303 e. The van der Waals surface area contributed by atoms with Crippen molar-refractivity contribution in [3.63, 3.8) is 0 Å². The summed E-state index contributed by atoms with van der Waals surface area (Å²) >= 11 is 0. The van der Waals surface area contributed by atoms with Gasteiger partial charge < -0.3 is 26.0 Å². The fourth-order valence-corrected chi connectivity index (χ4v) is 6.19. The molecule has 3 amide bonds. The standard InChI is InChI=1S/C37H52N4O5/c1-3-5-6-7-8-9-13-19-28(26-33(38)42)41(24-4-2)37(46)31(22-16-23-34(43)44)40-36(45)35-29-20-14-15-21-30(29)39-32(35)25-27-17-11-10-12-18-27/h10-12,14-15,17-18,20-21,28,31,39H,3-9,13,16,19,22-26H2,1-2H3,(H2,38,42)(H,40,45)(H,43,44)/t28-,31-/m0/s1. The number of unbranched alkanes of at least 4 members (excludes halogenated alkanes) is 6. The highest BCUT2D eigenvalue weighted by atomic mass is 16.4. The number of hydrogen-bond donors (Lipinski definition) is 4. The van der Waals surface area contributed by atoms with E-state index < -0.39 is 23.8 Å². The molecule has 2 atom stereocenters. The van der Waals surface area contributed by atoms with Crippen molar-refractivity contribution in [3.05, 3.63) is 71.4 Å². The summed E-state index contributed by atoms with van der Waals surface area (Å²) in [6.07, 6.45) is 9.88.